The van der Waals surface area contributed by atoms with E-state index in [9.17, 15) is 4.79 Å². The summed E-state index contributed by atoms with van der Waals surface area (Å²) in [5.74, 6) is -0.135. The molecule has 0 fully saturated rings. The molecule has 1 aliphatic carbocycles. The predicted octanol–water partition coefficient (Wildman–Crippen LogP) is 4.22. The lowest BCUT2D eigenvalue weighted by Crippen LogP contribution is -2.27. The second-order valence-corrected chi connectivity index (χ2v) is 6.05. The van der Waals surface area contributed by atoms with Crippen LogP contribution >= 0.6 is 11.3 Å². The van der Waals surface area contributed by atoms with Crippen LogP contribution in [-0.4, -0.2) is 12.6 Å². The van der Waals surface area contributed by atoms with Crippen LogP contribution in [0.3, 0.4) is 0 Å². The Bertz CT molecular complexity index is 430. The van der Waals surface area contributed by atoms with Gasteiger partial charge in [0.05, 0.1) is 6.61 Å². The topological polar surface area (TPSA) is 26.3 Å². The molecule has 0 aliphatic heterocycles. The maximum absolute atomic E-state index is 11.9. The molecule has 0 unspecified atom stereocenters. The third-order valence-corrected chi connectivity index (χ3v) is 5.46. The summed E-state index contributed by atoms with van der Waals surface area (Å²) < 4.78 is 5.13. The van der Waals surface area contributed by atoms with E-state index in [0.29, 0.717) is 12.0 Å². The molecule has 1 aromatic rings. The van der Waals surface area contributed by atoms with Crippen LogP contribution in [0.1, 0.15) is 60.8 Å². The van der Waals surface area contributed by atoms with E-state index in [1.807, 2.05) is 6.92 Å². The fourth-order valence-corrected chi connectivity index (χ4v) is 3.96. The van der Waals surface area contributed by atoms with Crippen molar-refractivity contribution in [1.29, 1.82) is 0 Å². The zero-order chi connectivity index (χ0) is 13.2. The van der Waals surface area contributed by atoms with Crippen LogP contribution in [0.15, 0.2) is 5.38 Å². The SMILES string of the molecule is CCOC(=O)c1scc2c1CCC(CC)(CC)C2. The highest BCUT2D eigenvalue weighted by atomic mass is 32.1. The number of hydrogen-bond donors (Lipinski definition) is 0. The van der Waals surface area contributed by atoms with Crippen LogP contribution in [0.2, 0.25) is 0 Å². The molecule has 3 heteroatoms. The van der Waals surface area contributed by atoms with Gasteiger partial charge < -0.3 is 4.74 Å². The second-order valence-electron chi connectivity index (χ2n) is 5.17. The molecule has 2 rings (SSSR count). The van der Waals surface area contributed by atoms with Gasteiger partial charge in [-0.1, -0.05) is 26.7 Å². The van der Waals surface area contributed by atoms with E-state index in [0.717, 1.165) is 17.7 Å². The molecule has 100 valence electrons. The largest absolute Gasteiger partial charge is 0.462 e. The molecule has 1 aliphatic rings. The van der Waals surface area contributed by atoms with Crippen LogP contribution < -0.4 is 0 Å². The van der Waals surface area contributed by atoms with Gasteiger partial charge >= 0.3 is 5.97 Å². The van der Waals surface area contributed by atoms with Crippen LogP contribution in [0, 0.1) is 5.41 Å². The molecule has 0 N–H and O–H groups in total. The molecular formula is C15H22O2S. The summed E-state index contributed by atoms with van der Waals surface area (Å²) in [4.78, 5) is 12.7. The fraction of sp³-hybridized carbons (Fsp3) is 0.667. The highest BCUT2D eigenvalue weighted by molar-refractivity contribution is 7.12. The molecule has 0 atom stereocenters. The average Bonchev–Trinajstić information content (AvgIpc) is 2.81. The summed E-state index contributed by atoms with van der Waals surface area (Å²) in [7, 11) is 0. The predicted molar refractivity (Wildman–Crippen MR) is 75.3 cm³/mol. The molecule has 0 amide bonds. The van der Waals surface area contributed by atoms with Gasteiger partial charge in [0.1, 0.15) is 4.88 Å². The van der Waals surface area contributed by atoms with E-state index in [-0.39, 0.29) is 5.97 Å². The number of ether oxygens (including phenoxy) is 1. The van der Waals surface area contributed by atoms with Crippen molar-refractivity contribution >= 4 is 17.3 Å². The van der Waals surface area contributed by atoms with Crippen molar-refractivity contribution in [3.05, 3.63) is 21.4 Å². The molecule has 0 radical (unpaired) electrons. The van der Waals surface area contributed by atoms with E-state index in [1.165, 1.54) is 30.4 Å². The van der Waals surface area contributed by atoms with E-state index in [4.69, 9.17) is 4.74 Å². The lowest BCUT2D eigenvalue weighted by Gasteiger charge is -2.36. The molecule has 0 spiro atoms. The molecule has 1 aromatic heterocycles. The molecule has 0 saturated carbocycles. The summed E-state index contributed by atoms with van der Waals surface area (Å²) in [5, 5.41) is 2.17. The van der Waals surface area contributed by atoms with Crippen molar-refractivity contribution in [1.82, 2.24) is 0 Å². The second kappa shape index (κ2) is 5.43. The number of esters is 1. The van der Waals surface area contributed by atoms with Crippen LogP contribution in [0.4, 0.5) is 0 Å². The van der Waals surface area contributed by atoms with E-state index in [2.05, 4.69) is 19.2 Å². The Morgan fingerprint density at radius 1 is 1.39 bits per heavy atom. The first-order valence-electron chi connectivity index (χ1n) is 6.92. The number of rotatable bonds is 4. The van der Waals surface area contributed by atoms with Crippen molar-refractivity contribution in [2.45, 2.75) is 52.9 Å². The van der Waals surface area contributed by atoms with E-state index >= 15 is 0 Å². The number of fused-ring (bicyclic) bond motifs is 1. The summed E-state index contributed by atoms with van der Waals surface area (Å²) in [5.41, 5.74) is 3.11. The van der Waals surface area contributed by atoms with Crippen molar-refractivity contribution in [2.24, 2.45) is 5.41 Å². The molecule has 18 heavy (non-hydrogen) atoms. The fourth-order valence-electron chi connectivity index (χ4n) is 2.94. The quantitative estimate of drug-likeness (QED) is 0.763. The number of carbonyl (C=O) groups is 1. The van der Waals surface area contributed by atoms with Gasteiger partial charge in [0.2, 0.25) is 0 Å². The van der Waals surface area contributed by atoms with Crippen LogP contribution in [-0.2, 0) is 17.6 Å². The summed E-state index contributed by atoms with van der Waals surface area (Å²) in [6, 6.07) is 0. The highest BCUT2D eigenvalue weighted by Gasteiger charge is 2.34. The lowest BCUT2D eigenvalue weighted by molar-refractivity contribution is 0.0530. The maximum atomic E-state index is 11.9. The smallest absolute Gasteiger partial charge is 0.348 e. The normalized spacial score (nSPS) is 17.3. The summed E-state index contributed by atoms with van der Waals surface area (Å²) in [6.07, 6.45) is 5.83. The Labute approximate surface area is 113 Å². The zero-order valence-corrected chi connectivity index (χ0v) is 12.4. The minimum Gasteiger partial charge on any atom is -0.462 e. The Hall–Kier alpha value is -0.830. The number of carbonyl (C=O) groups excluding carboxylic acids is 1. The van der Waals surface area contributed by atoms with Crippen LogP contribution in [0.25, 0.3) is 0 Å². The van der Waals surface area contributed by atoms with Crippen LogP contribution in [0.5, 0.6) is 0 Å². The minimum atomic E-state index is -0.135. The van der Waals surface area contributed by atoms with Gasteiger partial charge in [-0.25, -0.2) is 4.79 Å². The summed E-state index contributed by atoms with van der Waals surface area (Å²) >= 11 is 1.56. The minimum absolute atomic E-state index is 0.135. The average molecular weight is 266 g/mol. The summed E-state index contributed by atoms with van der Waals surface area (Å²) in [6.45, 7) is 6.89. The van der Waals surface area contributed by atoms with E-state index < -0.39 is 0 Å². The Morgan fingerprint density at radius 3 is 2.72 bits per heavy atom. The van der Waals surface area contributed by atoms with Gasteiger partial charge in [0.25, 0.3) is 0 Å². The van der Waals surface area contributed by atoms with Crippen molar-refractivity contribution in [3.63, 3.8) is 0 Å². The first-order chi connectivity index (χ1) is 8.65. The lowest BCUT2D eigenvalue weighted by atomic mass is 9.69. The van der Waals surface area contributed by atoms with Gasteiger partial charge in [0.15, 0.2) is 0 Å². The molecule has 0 aromatic carbocycles. The number of hydrogen-bond acceptors (Lipinski definition) is 3. The molecule has 0 bridgehead atoms. The van der Waals surface area contributed by atoms with Gasteiger partial charge in [0, 0.05) is 0 Å². The first kappa shape index (κ1) is 13.6. The molecular weight excluding hydrogens is 244 g/mol. The third-order valence-electron chi connectivity index (χ3n) is 4.41. The highest BCUT2D eigenvalue weighted by Crippen LogP contribution is 2.43. The van der Waals surface area contributed by atoms with Gasteiger partial charge in [-0.2, -0.15) is 0 Å². The standard InChI is InChI=1S/C15H22O2S/c1-4-15(5-2)8-7-12-11(9-15)10-18-13(12)14(16)17-6-3/h10H,4-9H2,1-3H3. The molecule has 0 saturated heterocycles. The van der Waals surface area contributed by atoms with Gasteiger partial charge in [-0.05, 0) is 48.1 Å². The van der Waals surface area contributed by atoms with Gasteiger partial charge in [-0.3, -0.25) is 0 Å². The van der Waals surface area contributed by atoms with Crippen molar-refractivity contribution in [3.8, 4) is 0 Å². The van der Waals surface area contributed by atoms with Crippen molar-refractivity contribution < 1.29 is 9.53 Å². The number of thiophene rings is 1. The van der Waals surface area contributed by atoms with Gasteiger partial charge in [-0.15, -0.1) is 11.3 Å². The Balaban J connectivity index is 2.24. The monoisotopic (exact) mass is 266 g/mol. The molecule has 2 nitrogen and oxygen atoms in total. The zero-order valence-electron chi connectivity index (χ0n) is 11.5. The Kier molecular flexibility index (Phi) is 4.10. The molecule has 1 heterocycles. The Morgan fingerprint density at radius 2 is 2.11 bits per heavy atom. The first-order valence-corrected chi connectivity index (χ1v) is 7.80. The van der Waals surface area contributed by atoms with Crippen molar-refractivity contribution in [2.75, 3.05) is 6.61 Å². The maximum Gasteiger partial charge on any atom is 0.348 e. The third kappa shape index (κ3) is 2.33. The van der Waals surface area contributed by atoms with E-state index in [1.54, 1.807) is 11.3 Å².